The number of para-hydroxylation sites is 1. The molecule has 8 rings (SSSR count). The first-order valence-electron chi connectivity index (χ1n) is 18.4. The average Bonchev–Trinajstić information content (AvgIpc) is 3.98. The number of aryl methyl sites for hydroxylation is 2. The molecule has 4 aromatic heterocycles. The Morgan fingerprint density at radius 2 is 1.14 bits per heavy atom. The average molecular weight is 709 g/mol. The lowest BCUT2D eigenvalue weighted by atomic mass is 10.00. The third-order valence-corrected chi connectivity index (χ3v) is 13.4. The van der Waals surface area contributed by atoms with Crippen LogP contribution in [0.4, 0.5) is 0 Å². The number of hydrogen-bond acceptors (Lipinski definition) is 4. The van der Waals surface area contributed by atoms with Crippen LogP contribution in [0.15, 0.2) is 108 Å². The van der Waals surface area contributed by atoms with E-state index >= 15 is 0 Å². The molecule has 252 valence electrons. The molecule has 0 aliphatic heterocycles. The maximum absolute atomic E-state index is 5.65. The van der Waals surface area contributed by atoms with Gasteiger partial charge in [-0.1, -0.05) is 119 Å². The standard InChI is InChI=1S/C45H44N2S3/c1-3-5-7-10-18-31-26-39(48-29-31)40-28-38(44(50-40)41-27-32(30-49-41)19-11-8-6-4-2)45-46-42-36-24-16-14-22-34(36)35-23-15-17-25-37(35)43(42)47(45)33-20-12-9-13-21-33/h9,12-17,20-30H,3-8,10-11,18-19H2,1-2H3. The number of benzene rings is 4. The van der Waals surface area contributed by atoms with Crippen molar-refractivity contribution < 1.29 is 0 Å². The summed E-state index contributed by atoms with van der Waals surface area (Å²) < 4.78 is 2.44. The Hall–Kier alpha value is -4.03. The molecule has 5 heteroatoms. The maximum atomic E-state index is 5.65. The number of unbranched alkanes of at least 4 members (excludes halogenated alkanes) is 6. The van der Waals surface area contributed by atoms with Gasteiger partial charge in [0.05, 0.1) is 15.9 Å². The molecule has 0 saturated carbocycles. The van der Waals surface area contributed by atoms with Crippen LogP contribution in [0.1, 0.15) is 76.3 Å². The molecule has 0 fully saturated rings. The lowest BCUT2D eigenvalue weighted by molar-refractivity contribution is 0.667. The highest BCUT2D eigenvalue weighted by molar-refractivity contribution is 7.26. The lowest BCUT2D eigenvalue weighted by Gasteiger charge is -2.12. The third kappa shape index (κ3) is 6.48. The zero-order chi connectivity index (χ0) is 33.9. The first-order chi connectivity index (χ1) is 24.7. The number of hydrogen-bond donors (Lipinski definition) is 0. The van der Waals surface area contributed by atoms with Gasteiger partial charge in [0, 0.05) is 36.7 Å². The van der Waals surface area contributed by atoms with Crippen LogP contribution >= 0.6 is 34.0 Å². The molecule has 8 aromatic rings. The van der Waals surface area contributed by atoms with E-state index in [1.807, 2.05) is 34.0 Å². The largest absolute Gasteiger partial charge is 0.292 e. The summed E-state index contributed by atoms with van der Waals surface area (Å²) in [5.74, 6) is 1.01. The van der Waals surface area contributed by atoms with Crippen molar-refractivity contribution in [1.29, 1.82) is 0 Å². The van der Waals surface area contributed by atoms with E-state index in [1.54, 1.807) is 0 Å². The van der Waals surface area contributed by atoms with Gasteiger partial charge in [-0.2, -0.15) is 0 Å². The second-order valence-corrected chi connectivity index (χ2v) is 16.4. The smallest absolute Gasteiger partial charge is 0.147 e. The predicted octanol–water partition coefficient (Wildman–Crippen LogP) is 14.8. The Balaban J connectivity index is 1.34. The molecule has 2 nitrogen and oxygen atoms in total. The van der Waals surface area contributed by atoms with E-state index in [-0.39, 0.29) is 0 Å². The highest BCUT2D eigenvalue weighted by Crippen LogP contribution is 2.48. The molecule has 0 aliphatic rings. The summed E-state index contributed by atoms with van der Waals surface area (Å²) in [7, 11) is 0. The zero-order valence-electron chi connectivity index (χ0n) is 29.1. The molecular formula is C45H44N2S3. The number of fused-ring (bicyclic) bond motifs is 6. The van der Waals surface area contributed by atoms with Crippen LogP contribution in [0.2, 0.25) is 0 Å². The molecule has 0 N–H and O–H groups in total. The molecule has 4 heterocycles. The van der Waals surface area contributed by atoms with E-state index in [9.17, 15) is 0 Å². The van der Waals surface area contributed by atoms with E-state index in [1.165, 1.54) is 115 Å². The minimum absolute atomic E-state index is 1.01. The van der Waals surface area contributed by atoms with Crippen molar-refractivity contribution in [3.8, 4) is 36.6 Å². The second kappa shape index (κ2) is 15.1. The van der Waals surface area contributed by atoms with Crippen LogP contribution in [-0.2, 0) is 12.8 Å². The Morgan fingerprint density at radius 3 is 1.82 bits per heavy atom. The molecule has 0 radical (unpaired) electrons. The third-order valence-electron chi connectivity index (χ3n) is 9.93. The van der Waals surface area contributed by atoms with Crippen LogP contribution in [0.5, 0.6) is 0 Å². The fraction of sp³-hybridized carbons (Fsp3) is 0.267. The fourth-order valence-corrected chi connectivity index (χ4v) is 10.6. The summed E-state index contributed by atoms with van der Waals surface area (Å²) in [5, 5.41) is 9.73. The summed E-state index contributed by atoms with van der Waals surface area (Å²) >= 11 is 5.73. The summed E-state index contributed by atoms with van der Waals surface area (Å²) in [4.78, 5) is 11.0. The Bertz CT molecular complexity index is 2370. The summed E-state index contributed by atoms with van der Waals surface area (Å²) in [6.07, 6.45) is 12.6. The molecule has 0 spiro atoms. The van der Waals surface area contributed by atoms with E-state index in [4.69, 9.17) is 4.98 Å². The Morgan fingerprint density at radius 1 is 0.560 bits per heavy atom. The monoisotopic (exact) mass is 708 g/mol. The van der Waals surface area contributed by atoms with Crippen LogP contribution in [0, 0.1) is 0 Å². The fourth-order valence-electron chi connectivity index (χ4n) is 7.35. The number of nitrogens with zero attached hydrogens (tertiary/aromatic N) is 2. The molecule has 0 amide bonds. The van der Waals surface area contributed by atoms with Crippen molar-refractivity contribution >= 4 is 66.6 Å². The highest BCUT2D eigenvalue weighted by atomic mass is 32.1. The van der Waals surface area contributed by atoms with Crippen LogP contribution < -0.4 is 0 Å². The number of aromatic nitrogens is 2. The van der Waals surface area contributed by atoms with Crippen LogP contribution in [0.3, 0.4) is 0 Å². The number of thiophene rings is 3. The van der Waals surface area contributed by atoms with Gasteiger partial charge in [0.25, 0.3) is 0 Å². The Kier molecular flexibility index (Phi) is 9.98. The summed E-state index contributed by atoms with van der Waals surface area (Å²) in [5.41, 5.74) is 7.52. The lowest BCUT2D eigenvalue weighted by Crippen LogP contribution is -1.98. The van der Waals surface area contributed by atoms with Crippen molar-refractivity contribution in [2.45, 2.75) is 78.1 Å². The van der Waals surface area contributed by atoms with Gasteiger partial charge in [0.15, 0.2) is 0 Å². The second-order valence-electron chi connectivity index (χ2n) is 13.5. The molecule has 50 heavy (non-hydrogen) atoms. The van der Waals surface area contributed by atoms with Gasteiger partial charge in [-0.25, -0.2) is 4.98 Å². The first kappa shape index (κ1) is 33.1. The molecule has 0 bridgehead atoms. The van der Waals surface area contributed by atoms with Crippen molar-refractivity contribution in [3.05, 3.63) is 119 Å². The van der Waals surface area contributed by atoms with Crippen molar-refractivity contribution in [2.24, 2.45) is 0 Å². The zero-order valence-corrected chi connectivity index (χ0v) is 31.5. The van der Waals surface area contributed by atoms with E-state index in [0.29, 0.717) is 0 Å². The van der Waals surface area contributed by atoms with Crippen LogP contribution in [-0.4, -0.2) is 9.55 Å². The van der Waals surface area contributed by atoms with Gasteiger partial charge in [-0.05, 0) is 88.7 Å². The molecule has 0 atom stereocenters. The Labute approximate surface area is 308 Å². The maximum Gasteiger partial charge on any atom is 0.147 e. The number of rotatable bonds is 14. The van der Waals surface area contributed by atoms with Crippen molar-refractivity contribution in [1.82, 2.24) is 9.55 Å². The molecule has 0 unspecified atom stereocenters. The minimum atomic E-state index is 1.01. The van der Waals surface area contributed by atoms with Gasteiger partial charge in [0.2, 0.25) is 0 Å². The molecule has 0 aliphatic carbocycles. The van der Waals surface area contributed by atoms with Gasteiger partial charge in [-0.3, -0.25) is 4.57 Å². The summed E-state index contributed by atoms with van der Waals surface area (Å²) in [6, 6.07) is 35.8. The summed E-state index contributed by atoms with van der Waals surface area (Å²) in [6.45, 7) is 4.57. The van der Waals surface area contributed by atoms with Gasteiger partial charge >= 0.3 is 0 Å². The van der Waals surface area contributed by atoms with Crippen LogP contribution in [0.25, 0.3) is 69.2 Å². The topological polar surface area (TPSA) is 17.8 Å². The van der Waals surface area contributed by atoms with Gasteiger partial charge in [-0.15, -0.1) is 34.0 Å². The van der Waals surface area contributed by atoms with E-state index in [0.717, 1.165) is 29.9 Å². The minimum Gasteiger partial charge on any atom is -0.292 e. The van der Waals surface area contributed by atoms with E-state index < -0.39 is 0 Å². The molecule has 0 saturated heterocycles. The van der Waals surface area contributed by atoms with Crippen molar-refractivity contribution in [3.63, 3.8) is 0 Å². The quantitative estimate of drug-likeness (QED) is 0.0812. The van der Waals surface area contributed by atoms with Gasteiger partial charge in [0.1, 0.15) is 5.82 Å². The van der Waals surface area contributed by atoms with Gasteiger partial charge < -0.3 is 0 Å². The molecule has 4 aromatic carbocycles. The predicted molar refractivity (Wildman–Crippen MR) is 222 cm³/mol. The SMILES string of the molecule is CCCCCCc1csc(-c2cc(-c3nc4c5ccccc5c5ccccc5c4n3-c3ccccc3)c(-c3cc(CCCCCC)cs3)s2)c1. The highest BCUT2D eigenvalue weighted by Gasteiger charge is 2.25. The van der Waals surface area contributed by atoms with Crippen molar-refractivity contribution in [2.75, 3.05) is 0 Å². The van der Waals surface area contributed by atoms with E-state index in [2.05, 4.69) is 126 Å². The first-order valence-corrected chi connectivity index (χ1v) is 21.0. The number of imidazole rings is 1. The normalized spacial score (nSPS) is 11.8. The molecular weight excluding hydrogens is 665 g/mol.